The van der Waals surface area contributed by atoms with Crippen LogP contribution in [0.4, 0.5) is 17.3 Å². The highest BCUT2D eigenvalue weighted by molar-refractivity contribution is 5.85. The van der Waals surface area contributed by atoms with E-state index < -0.39 is 0 Å². The number of benzene rings is 2. The van der Waals surface area contributed by atoms with Crippen LogP contribution in [-0.2, 0) is 6.42 Å². The predicted octanol–water partition coefficient (Wildman–Crippen LogP) is 5.49. The molecule has 2 aliphatic rings. The lowest BCUT2D eigenvalue weighted by atomic mass is 9.91. The van der Waals surface area contributed by atoms with Gasteiger partial charge in [-0.15, -0.1) is 10.2 Å². The molecule has 0 spiro atoms. The Morgan fingerprint density at radius 3 is 2.57 bits per heavy atom. The highest BCUT2D eigenvalue weighted by atomic mass is 16.3. The minimum Gasteiger partial charge on any atom is -0.508 e. The number of phenols is 1. The lowest BCUT2D eigenvalue weighted by Gasteiger charge is -2.33. The average molecular weight is 499 g/mol. The van der Waals surface area contributed by atoms with Crippen molar-refractivity contribution in [2.75, 3.05) is 23.3 Å². The second-order valence-electron chi connectivity index (χ2n) is 10.4. The number of aromatic amines is 1. The predicted molar refractivity (Wildman–Crippen MR) is 144 cm³/mol. The monoisotopic (exact) mass is 498 g/mol. The van der Waals surface area contributed by atoms with E-state index in [-0.39, 0.29) is 0 Å². The number of hydrogen-bond acceptors (Lipinski definition) is 8. The number of nitrogens with one attached hydrogen (secondary N) is 2. The lowest BCUT2D eigenvalue weighted by Crippen LogP contribution is -2.33. The molecule has 0 amide bonds. The van der Waals surface area contributed by atoms with Crippen molar-refractivity contribution in [3.63, 3.8) is 0 Å². The number of nitrogens with zero attached hydrogens (tertiary/aromatic N) is 6. The molecule has 0 bridgehead atoms. The molecule has 6 rings (SSSR count). The van der Waals surface area contributed by atoms with Crippen LogP contribution in [0.1, 0.15) is 68.7 Å². The van der Waals surface area contributed by atoms with E-state index in [1.807, 2.05) is 12.3 Å². The summed E-state index contributed by atoms with van der Waals surface area (Å²) in [5.74, 6) is 2.87. The zero-order valence-electron chi connectivity index (χ0n) is 21.1. The molecule has 1 aliphatic carbocycles. The van der Waals surface area contributed by atoms with Crippen molar-refractivity contribution in [3.8, 4) is 5.75 Å². The molecule has 3 heterocycles. The molecule has 0 radical (unpaired) electrons. The molecule has 2 fully saturated rings. The maximum atomic E-state index is 10.6. The quantitative estimate of drug-likeness (QED) is 0.292. The first-order valence-corrected chi connectivity index (χ1v) is 13.6. The van der Waals surface area contributed by atoms with E-state index in [4.69, 9.17) is 4.98 Å². The summed E-state index contributed by atoms with van der Waals surface area (Å²) in [5.41, 5.74) is 4.06. The summed E-state index contributed by atoms with van der Waals surface area (Å²) in [4.78, 5) is 11.8. The third-order valence-corrected chi connectivity index (χ3v) is 8.04. The van der Waals surface area contributed by atoms with Crippen LogP contribution >= 0.6 is 0 Å². The van der Waals surface area contributed by atoms with Crippen LogP contribution in [0.5, 0.6) is 5.75 Å². The van der Waals surface area contributed by atoms with Gasteiger partial charge in [-0.05, 0) is 86.8 Å². The number of fused-ring (bicyclic) bond motifs is 1. The molecule has 1 aliphatic heterocycles. The van der Waals surface area contributed by atoms with Crippen molar-refractivity contribution in [1.82, 2.24) is 30.6 Å². The maximum Gasteiger partial charge on any atom is 0.227 e. The lowest BCUT2D eigenvalue weighted by molar-refractivity contribution is 0.372. The van der Waals surface area contributed by atoms with Crippen LogP contribution in [-0.4, -0.2) is 48.8 Å². The number of H-pyrrole nitrogens is 1. The number of aryl methyl sites for hydroxylation is 1. The maximum absolute atomic E-state index is 10.6. The Kier molecular flexibility index (Phi) is 6.84. The first-order valence-electron chi connectivity index (χ1n) is 13.6. The Labute approximate surface area is 216 Å². The molecule has 2 aromatic carbocycles. The summed E-state index contributed by atoms with van der Waals surface area (Å²) >= 11 is 0. The summed E-state index contributed by atoms with van der Waals surface area (Å²) < 4.78 is 0. The molecule has 2 aromatic heterocycles. The van der Waals surface area contributed by atoms with Gasteiger partial charge in [0, 0.05) is 48.0 Å². The summed E-state index contributed by atoms with van der Waals surface area (Å²) in [7, 11) is 0. The number of phenolic OH excluding ortho intramolecular Hbond substituents is 1. The summed E-state index contributed by atoms with van der Waals surface area (Å²) in [6.07, 6.45) is 12.2. The van der Waals surface area contributed by atoms with Gasteiger partial charge in [0.25, 0.3) is 0 Å². The fourth-order valence-electron chi connectivity index (χ4n) is 5.99. The number of aromatic nitrogens is 6. The van der Waals surface area contributed by atoms with Crippen molar-refractivity contribution < 1.29 is 5.11 Å². The Balaban J connectivity index is 1.07. The van der Waals surface area contributed by atoms with E-state index in [1.165, 1.54) is 37.8 Å². The van der Waals surface area contributed by atoms with Gasteiger partial charge in [0.15, 0.2) is 5.82 Å². The third kappa shape index (κ3) is 5.35. The van der Waals surface area contributed by atoms with Gasteiger partial charge in [0.05, 0.1) is 5.52 Å². The number of tetrazole rings is 1. The molecule has 9 heteroatoms. The van der Waals surface area contributed by atoms with Crippen molar-refractivity contribution in [2.45, 2.75) is 63.7 Å². The van der Waals surface area contributed by atoms with Crippen molar-refractivity contribution in [1.29, 1.82) is 0 Å². The van der Waals surface area contributed by atoms with Crippen LogP contribution in [0, 0.1) is 5.92 Å². The normalized spacial score (nSPS) is 17.0. The topological polar surface area (TPSA) is 116 Å². The fourth-order valence-corrected chi connectivity index (χ4v) is 5.99. The largest absolute Gasteiger partial charge is 0.508 e. The number of rotatable bonds is 8. The number of anilines is 3. The molecule has 192 valence electrons. The van der Waals surface area contributed by atoms with Gasteiger partial charge in [0.2, 0.25) is 5.95 Å². The molecule has 1 saturated heterocycles. The van der Waals surface area contributed by atoms with Crippen molar-refractivity contribution >= 4 is 28.2 Å². The number of hydrogen-bond donors (Lipinski definition) is 3. The van der Waals surface area contributed by atoms with Gasteiger partial charge in [0.1, 0.15) is 5.75 Å². The highest BCUT2D eigenvalue weighted by Gasteiger charge is 2.24. The summed E-state index contributed by atoms with van der Waals surface area (Å²) in [6, 6.07) is 12.2. The first kappa shape index (κ1) is 23.6. The van der Waals surface area contributed by atoms with Gasteiger partial charge in [-0.25, -0.2) is 9.97 Å². The minimum atomic E-state index is 0.351. The Morgan fingerprint density at radius 1 is 1.00 bits per heavy atom. The van der Waals surface area contributed by atoms with Gasteiger partial charge >= 0.3 is 0 Å². The summed E-state index contributed by atoms with van der Waals surface area (Å²) in [6.45, 7) is 2.17. The molecule has 0 unspecified atom stereocenters. The van der Waals surface area contributed by atoms with E-state index in [9.17, 15) is 5.11 Å². The molecule has 1 saturated carbocycles. The average Bonchev–Trinajstić information content (AvgIpc) is 3.65. The van der Waals surface area contributed by atoms with Gasteiger partial charge < -0.3 is 15.3 Å². The molecule has 3 N–H and O–H groups in total. The van der Waals surface area contributed by atoms with Gasteiger partial charge in [-0.2, -0.15) is 5.21 Å². The highest BCUT2D eigenvalue weighted by Crippen LogP contribution is 2.41. The van der Waals surface area contributed by atoms with E-state index in [2.05, 4.69) is 60.1 Å². The van der Waals surface area contributed by atoms with Gasteiger partial charge in [-0.1, -0.05) is 18.1 Å². The second kappa shape index (κ2) is 10.7. The van der Waals surface area contributed by atoms with Gasteiger partial charge in [-0.3, -0.25) is 0 Å². The van der Waals surface area contributed by atoms with E-state index in [1.54, 1.807) is 6.07 Å². The molecule has 9 nitrogen and oxygen atoms in total. The third-order valence-electron chi connectivity index (χ3n) is 8.04. The van der Waals surface area contributed by atoms with Crippen LogP contribution < -0.4 is 10.2 Å². The minimum absolute atomic E-state index is 0.351. The number of piperidine rings is 1. The SMILES string of the molecule is Oc1ccc2cnc(Nc3ccc(N4CCC(CCCc5nn[nH]n5)CC4)cc3)nc2c1C1CCCC1. The van der Waals surface area contributed by atoms with Crippen molar-refractivity contribution in [2.24, 2.45) is 5.92 Å². The molecular weight excluding hydrogens is 464 g/mol. The Morgan fingerprint density at radius 2 is 1.81 bits per heavy atom. The van der Waals surface area contributed by atoms with E-state index in [0.717, 1.165) is 72.7 Å². The second-order valence-corrected chi connectivity index (χ2v) is 10.4. The molecule has 4 aromatic rings. The van der Waals surface area contributed by atoms with E-state index in [0.29, 0.717) is 17.6 Å². The van der Waals surface area contributed by atoms with Crippen LogP contribution in [0.15, 0.2) is 42.6 Å². The molecule has 37 heavy (non-hydrogen) atoms. The van der Waals surface area contributed by atoms with Crippen LogP contribution in [0.25, 0.3) is 10.9 Å². The zero-order valence-corrected chi connectivity index (χ0v) is 21.1. The smallest absolute Gasteiger partial charge is 0.227 e. The molecule has 0 atom stereocenters. The first-order chi connectivity index (χ1) is 18.2. The van der Waals surface area contributed by atoms with Crippen LogP contribution in [0.3, 0.4) is 0 Å². The Hall–Kier alpha value is -3.75. The summed E-state index contributed by atoms with van der Waals surface area (Å²) in [5, 5.41) is 29.2. The fraction of sp³-hybridized carbons (Fsp3) is 0.464. The zero-order chi connectivity index (χ0) is 25.0. The van der Waals surface area contributed by atoms with E-state index >= 15 is 0 Å². The standard InChI is InChI=1S/C28H34N8O/c37-24-13-8-21-18-29-28(31-27(21)26(24)20-5-1-2-6-20)30-22-9-11-23(12-10-22)36-16-14-19(15-17-36)4-3-7-25-32-34-35-33-25/h8-13,18-20,37H,1-7,14-17H2,(H,29,30,31)(H,32,33,34,35). The number of aromatic hydroxyl groups is 1. The molecular formula is C28H34N8O. The van der Waals surface area contributed by atoms with Crippen molar-refractivity contribution in [3.05, 3.63) is 54.0 Å². The Bertz CT molecular complexity index is 1310. The van der Waals surface area contributed by atoms with Crippen LogP contribution in [0.2, 0.25) is 0 Å².